The molecule has 6 heteroatoms. The molecule has 0 atom stereocenters. The summed E-state index contributed by atoms with van der Waals surface area (Å²) in [7, 11) is 1.16. The Bertz CT molecular complexity index is 1070. The van der Waals surface area contributed by atoms with Gasteiger partial charge in [-0.3, -0.25) is 4.79 Å². The smallest absolute Gasteiger partial charge is 0.343 e. The molecule has 0 fully saturated rings. The van der Waals surface area contributed by atoms with Gasteiger partial charge in [0.05, 0.1) is 23.7 Å². The Morgan fingerprint density at radius 1 is 1.08 bits per heavy atom. The summed E-state index contributed by atoms with van der Waals surface area (Å²) >= 11 is 0. The third kappa shape index (κ3) is 2.69. The molecule has 4 nitrogen and oxygen atoms in total. The Morgan fingerprint density at radius 3 is 2.40 bits per heavy atom. The van der Waals surface area contributed by atoms with Gasteiger partial charge in [-0.25, -0.2) is 13.6 Å². The lowest BCUT2D eigenvalue weighted by atomic mass is 10.0. The van der Waals surface area contributed by atoms with Crippen molar-refractivity contribution in [2.45, 2.75) is 13.8 Å². The van der Waals surface area contributed by atoms with Gasteiger partial charge in [-0.1, -0.05) is 12.1 Å². The van der Waals surface area contributed by atoms with E-state index in [1.165, 1.54) is 16.8 Å². The number of pyridine rings is 1. The quantitative estimate of drug-likeness (QED) is 0.667. The fourth-order valence-corrected chi connectivity index (χ4v) is 2.90. The first-order chi connectivity index (χ1) is 11.8. The van der Waals surface area contributed by atoms with Gasteiger partial charge in [0.1, 0.15) is 17.2 Å². The number of halogens is 2. The van der Waals surface area contributed by atoms with E-state index in [1.54, 1.807) is 26.0 Å². The number of ether oxygens (including phenoxy) is 1. The highest BCUT2D eigenvalue weighted by molar-refractivity contribution is 5.96. The molecule has 1 heterocycles. The highest BCUT2D eigenvalue weighted by Crippen LogP contribution is 2.25. The molecule has 0 N–H and O–H groups in total. The minimum Gasteiger partial charge on any atom is -0.465 e. The van der Waals surface area contributed by atoms with Gasteiger partial charge in [0.25, 0.3) is 0 Å². The maximum absolute atomic E-state index is 14.4. The van der Waals surface area contributed by atoms with Crippen molar-refractivity contribution in [1.29, 1.82) is 0 Å². The van der Waals surface area contributed by atoms with E-state index in [2.05, 4.69) is 4.74 Å². The number of carbonyl (C=O) groups excluding carboxylic acids is 1. The van der Waals surface area contributed by atoms with E-state index in [0.29, 0.717) is 16.5 Å². The average Bonchev–Trinajstić information content (AvgIpc) is 2.58. The van der Waals surface area contributed by atoms with Crippen LogP contribution in [0.1, 0.15) is 21.5 Å². The van der Waals surface area contributed by atoms with Crippen LogP contribution in [0, 0.1) is 25.5 Å². The third-order valence-corrected chi connectivity index (χ3v) is 4.13. The topological polar surface area (TPSA) is 48.3 Å². The van der Waals surface area contributed by atoms with Crippen LogP contribution in [0.25, 0.3) is 16.6 Å². The summed E-state index contributed by atoms with van der Waals surface area (Å²) in [6, 6.07) is 6.68. The van der Waals surface area contributed by atoms with Gasteiger partial charge >= 0.3 is 5.97 Å². The van der Waals surface area contributed by atoms with Crippen LogP contribution < -0.4 is 5.43 Å². The van der Waals surface area contributed by atoms with Gasteiger partial charge in [0.2, 0.25) is 5.43 Å². The molecule has 0 saturated carbocycles. The number of carbonyl (C=O) groups is 1. The number of hydrogen-bond acceptors (Lipinski definition) is 3. The summed E-state index contributed by atoms with van der Waals surface area (Å²) in [6.07, 6.45) is 1.24. The first kappa shape index (κ1) is 16.8. The van der Waals surface area contributed by atoms with Crippen molar-refractivity contribution in [2.24, 2.45) is 0 Å². The first-order valence-corrected chi connectivity index (χ1v) is 7.54. The molecule has 0 bridgehead atoms. The van der Waals surface area contributed by atoms with E-state index in [4.69, 9.17) is 0 Å². The van der Waals surface area contributed by atoms with Gasteiger partial charge in [0, 0.05) is 12.3 Å². The number of rotatable bonds is 2. The Balaban J connectivity index is 2.53. The zero-order chi connectivity index (χ0) is 18.3. The van der Waals surface area contributed by atoms with Gasteiger partial charge in [-0.15, -0.1) is 0 Å². The fourth-order valence-electron chi connectivity index (χ4n) is 2.90. The van der Waals surface area contributed by atoms with Gasteiger partial charge in [-0.2, -0.15) is 0 Å². The minimum atomic E-state index is -0.816. The van der Waals surface area contributed by atoms with Crippen LogP contribution in [-0.2, 0) is 4.74 Å². The molecule has 3 rings (SSSR count). The largest absolute Gasteiger partial charge is 0.465 e. The second-order valence-corrected chi connectivity index (χ2v) is 5.75. The van der Waals surface area contributed by atoms with Gasteiger partial charge < -0.3 is 9.30 Å². The standard InChI is InChI=1S/C19H15F2NO3/c1-10-4-5-11(2)17-16(10)18(23)13(19(24)25-3)9-22(17)15-7-6-12(20)8-14(15)21/h4-9H,1-3H3. The van der Waals surface area contributed by atoms with Crippen molar-refractivity contribution in [2.75, 3.05) is 7.11 Å². The summed E-state index contributed by atoms with van der Waals surface area (Å²) in [5.74, 6) is -2.33. The average molecular weight is 343 g/mol. The predicted octanol–water partition coefficient (Wildman–Crippen LogP) is 3.67. The number of benzene rings is 2. The van der Waals surface area contributed by atoms with Crippen molar-refractivity contribution in [3.05, 3.63) is 75.1 Å². The molecule has 3 aromatic rings. The van der Waals surface area contributed by atoms with E-state index in [9.17, 15) is 18.4 Å². The lowest BCUT2D eigenvalue weighted by molar-refractivity contribution is 0.0599. The van der Waals surface area contributed by atoms with E-state index in [-0.39, 0.29) is 11.3 Å². The number of aryl methyl sites for hydroxylation is 2. The number of nitrogens with zero attached hydrogens (tertiary/aromatic N) is 1. The van der Waals surface area contributed by atoms with E-state index >= 15 is 0 Å². The molecule has 0 aliphatic rings. The molecule has 1 aromatic heterocycles. The Morgan fingerprint density at radius 2 is 1.76 bits per heavy atom. The van der Waals surface area contributed by atoms with Crippen LogP contribution in [0.3, 0.4) is 0 Å². The molecular weight excluding hydrogens is 328 g/mol. The molecule has 128 valence electrons. The van der Waals surface area contributed by atoms with Gasteiger partial charge in [0.15, 0.2) is 0 Å². The van der Waals surface area contributed by atoms with Crippen LogP contribution in [0.5, 0.6) is 0 Å². The monoisotopic (exact) mass is 343 g/mol. The molecule has 0 spiro atoms. The number of esters is 1. The normalized spacial score (nSPS) is 10.9. The van der Waals surface area contributed by atoms with E-state index < -0.39 is 23.0 Å². The van der Waals surface area contributed by atoms with Gasteiger partial charge in [-0.05, 0) is 37.1 Å². The molecule has 0 radical (unpaired) electrons. The molecule has 0 unspecified atom stereocenters. The molecule has 0 saturated heterocycles. The number of aromatic nitrogens is 1. The second kappa shape index (κ2) is 6.12. The first-order valence-electron chi connectivity index (χ1n) is 7.54. The van der Waals surface area contributed by atoms with Crippen molar-refractivity contribution >= 4 is 16.9 Å². The van der Waals surface area contributed by atoms with Crippen LogP contribution in [0.15, 0.2) is 41.3 Å². The highest BCUT2D eigenvalue weighted by atomic mass is 19.1. The van der Waals surface area contributed by atoms with Crippen molar-refractivity contribution in [3.63, 3.8) is 0 Å². The summed E-state index contributed by atoms with van der Waals surface area (Å²) in [6.45, 7) is 3.51. The third-order valence-electron chi connectivity index (χ3n) is 4.13. The van der Waals surface area contributed by atoms with Crippen LogP contribution >= 0.6 is 0 Å². The summed E-state index contributed by atoms with van der Waals surface area (Å²) < 4.78 is 33.7. The fraction of sp³-hybridized carbons (Fsp3) is 0.158. The zero-order valence-corrected chi connectivity index (χ0v) is 13.9. The number of methoxy groups -OCH3 is 1. The van der Waals surface area contributed by atoms with Crippen LogP contribution in [0.2, 0.25) is 0 Å². The Labute approximate surface area is 142 Å². The number of hydrogen-bond donors (Lipinski definition) is 0. The van der Waals surface area contributed by atoms with E-state index in [0.717, 1.165) is 24.8 Å². The zero-order valence-electron chi connectivity index (χ0n) is 13.9. The summed E-state index contributed by atoms with van der Waals surface area (Å²) in [5, 5.41) is 0.298. The summed E-state index contributed by atoms with van der Waals surface area (Å²) in [4.78, 5) is 24.8. The molecule has 0 amide bonds. The SMILES string of the molecule is COC(=O)c1cn(-c2ccc(F)cc2F)c2c(C)ccc(C)c2c1=O. The highest BCUT2D eigenvalue weighted by Gasteiger charge is 2.20. The molecule has 0 aliphatic carbocycles. The van der Waals surface area contributed by atoms with E-state index in [1.807, 2.05) is 0 Å². The maximum Gasteiger partial charge on any atom is 0.343 e. The minimum absolute atomic E-state index is 0.0326. The predicted molar refractivity (Wildman–Crippen MR) is 90.3 cm³/mol. The molecular formula is C19H15F2NO3. The number of fused-ring (bicyclic) bond motifs is 1. The van der Waals surface area contributed by atoms with Crippen LogP contribution in [-0.4, -0.2) is 17.6 Å². The molecule has 25 heavy (non-hydrogen) atoms. The lowest BCUT2D eigenvalue weighted by Gasteiger charge is -2.16. The van der Waals surface area contributed by atoms with Crippen molar-refractivity contribution in [3.8, 4) is 5.69 Å². The lowest BCUT2D eigenvalue weighted by Crippen LogP contribution is -2.21. The Hall–Kier alpha value is -3.02. The van der Waals surface area contributed by atoms with Crippen molar-refractivity contribution < 1.29 is 18.3 Å². The Kier molecular flexibility index (Phi) is 4.12. The molecule has 0 aliphatic heterocycles. The summed E-state index contributed by atoms with van der Waals surface area (Å²) in [5.41, 5.74) is 1.16. The van der Waals surface area contributed by atoms with Crippen LogP contribution in [0.4, 0.5) is 8.78 Å². The van der Waals surface area contributed by atoms with Crippen molar-refractivity contribution in [1.82, 2.24) is 4.57 Å². The second-order valence-electron chi connectivity index (χ2n) is 5.75. The maximum atomic E-state index is 14.4. The molecule has 2 aromatic carbocycles.